The molecular formula is C12H14O4. The van der Waals surface area contributed by atoms with Crippen LogP contribution in [0.15, 0.2) is 24.3 Å². The standard InChI is InChI=1S/C12H14O4/c13-12(14)10-2-1-3-11(6-10)16-8-15-7-9-4-5-9/h1-3,6,9H,4-5,7-8H2,(H,13,14). The molecule has 0 amide bonds. The lowest BCUT2D eigenvalue weighted by atomic mass is 10.2. The first-order chi connectivity index (χ1) is 7.75. The van der Waals surface area contributed by atoms with Crippen LogP contribution in [0.4, 0.5) is 0 Å². The van der Waals surface area contributed by atoms with Crippen LogP contribution in [0.5, 0.6) is 5.75 Å². The van der Waals surface area contributed by atoms with Gasteiger partial charge in [0.2, 0.25) is 0 Å². The third-order valence-electron chi connectivity index (χ3n) is 2.44. The average Bonchev–Trinajstić information content (AvgIpc) is 3.09. The van der Waals surface area contributed by atoms with Crippen molar-refractivity contribution >= 4 is 5.97 Å². The molecule has 0 bridgehead atoms. The Morgan fingerprint density at radius 1 is 1.44 bits per heavy atom. The molecule has 1 aliphatic carbocycles. The maximum Gasteiger partial charge on any atom is 0.335 e. The molecule has 1 aromatic carbocycles. The molecule has 16 heavy (non-hydrogen) atoms. The van der Waals surface area contributed by atoms with Gasteiger partial charge in [0.05, 0.1) is 12.2 Å². The van der Waals surface area contributed by atoms with E-state index >= 15 is 0 Å². The topological polar surface area (TPSA) is 55.8 Å². The van der Waals surface area contributed by atoms with Gasteiger partial charge in [-0.25, -0.2) is 4.79 Å². The number of carboxylic acid groups (broad SMARTS) is 1. The molecule has 0 spiro atoms. The smallest absolute Gasteiger partial charge is 0.335 e. The third-order valence-corrected chi connectivity index (χ3v) is 2.44. The SMILES string of the molecule is O=C(O)c1cccc(OCOCC2CC2)c1. The molecule has 0 radical (unpaired) electrons. The van der Waals surface area contributed by atoms with Crippen LogP contribution in [-0.4, -0.2) is 24.5 Å². The molecule has 4 heteroatoms. The van der Waals surface area contributed by atoms with Crippen molar-refractivity contribution in [1.29, 1.82) is 0 Å². The Hall–Kier alpha value is -1.55. The van der Waals surface area contributed by atoms with Gasteiger partial charge in [0, 0.05) is 0 Å². The van der Waals surface area contributed by atoms with Gasteiger partial charge in [0.15, 0.2) is 6.79 Å². The van der Waals surface area contributed by atoms with Gasteiger partial charge < -0.3 is 14.6 Å². The summed E-state index contributed by atoms with van der Waals surface area (Å²) in [7, 11) is 0. The molecule has 2 rings (SSSR count). The van der Waals surface area contributed by atoms with E-state index < -0.39 is 5.97 Å². The maximum atomic E-state index is 10.7. The number of hydrogen-bond acceptors (Lipinski definition) is 3. The van der Waals surface area contributed by atoms with Crippen molar-refractivity contribution in [1.82, 2.24) is 0 Å². The Balaban J connectivity index is 1.78. The molecule has 0 atom stereocenters. The lowest BCUT2D eigenvalue weighted by Gasteiger charge is -2.07. The van der Waals surface area contributed by atoms with Gasteiger partial charge in [-0.2, -0.15) is 0 Å². The molecule has 0 heterocycles. The van der Waals surface area contributed by atoms with Crippen LogP contribution in [0.2, 0.25) is 0 Å². The molecule has 0 aromatic heterocycles. The van der Waals surface area contributed by atoms with Crippen LogP contribution in [0.1, 0.15) is 23.2 Å². The van der Waals surface area contributed by atoms with Crippen LogP contribution in [0, 0.1) is 5.92 Å². The predicted octanol–water partition coefficient (Wildman–Crippen LogP) is 2.15. The Labute approximate surface area is 93.8 Å². The quantitative estimate of drug-likeness (QED) is 0.592. The van der Waals surface area contributed by atoms with Gasteiger partial charge in [-0.3, -0.25) is 0 Å². The Bertz CT molecular complexity index is 371. The molecule has 4 nitrogen and oxygen atoms in total. The van der Waals surface area contributed by atoms with Gasteiger partial charge in [0.25, 0.3) is 0 Å². The third kappa shape index (κ3) is 3.24. The maximum absolute atomic E-state index is 10.7. The van der Waals surface area contributed by atoms with Gasteiger partial charge in [-0.05, 0) is 37.0 Å². The second-order valence-electron chi connectivity index (χ2n) is 3.91. The molecule has 0 aliphatic heterocycles. The molecule has 1 fully saturated rings. The van der Waals surface area contributed by atoms with Crippen LogP contribution in [0.25, 0.3) is 0 Å². The first kappa shape index (κ1) is 11.0. The fourth-order valence-electron chi connectivity index (χ4n) is 1.33. The van der Waals surface area contributed by atoms with Gasteiger partial charge in [-0.15, -0.1) is 0 Å². The first-order valence-corrected chi connectivity index (χ1v) is 5.29. The summed E-state index contributed by atoms with van der Waals surface area (Å²) in [6, 6.07) is 6.38. The summed E-state index contributed by atoms with van der Waals surface area (Å²) < 4.78 is 10.6. The zero-order chi connectivity index (χ0) is 11.4. The molecule has 1 N–H and O–H groups in total. The summed E-state index contributed by atoms with van der Waals surface area (Å²) >= 11 is 0. The zero-order valence-corrected chi connectivity index (χ0v) is 8.89. The van der Waals surface area contributed by atoms with Crippen LogP contribution < -0.4 is 4.74 Å². The van der Waals surface area contributed by atoms with Crippen molar-refractivity contribution in [2.75, 3.05) is 13.4 Å². The normalized spacial score (nSPS) is 14.8. The van der Waals surface area contributed by atoms with E-state index in [1.807, 2.05) is 0 Å². The summed E-state index contributed by atoms with van der Waals surface area (Å²) in [5.74, 6) is 0.272. The number of carbonyl (C=O) groups is 1. The Kier molecular flexibility index (Phi) is 3.41. The molecular weight excluding hydrogens is 208 g/mol. The van der Waals surface area contributed by atoms with Gasteiger partial charge in [0.1, 0.15) is 5.75 Å². The van der Waals surface area contributed by atoms with Crippen molar-refractivity contribution in [3.63, 3.8) is 0 Å². The molecule has 1 saturated carbocycles. The van der Waals surface area contributed by atoms with E-state index in [1.165, 1.54) is 25.0 Å². The number of carboxylic acids is 1. The molecule has 86 valence electrons. The minimum Gasteiger partial charge on any atom is -0.478 e. The van der Waals surface area contributed by atoms with Crippen molar-refractivity contribution in [2.45, 2.75) is 12.8 Å². The highest BCUT2D eigenvalue weighted by molar-refractivity contribution is 5.87. The Morgan fingerprint density at radius 3 is 2.94 bits per heavy atom. The van der Waals surface area contributed by atoms with E-state index in [-0.39, 0.29) is 12.4 Å². The summed E-state index contributed by atoms with van der Waals surface area (Å²) in [5.41, 5.74) is 0.222. The van der Waals surface area contributed by atoms with E-state index in [0.29, 0.717) is 11.7 Å². The number of aromatic carboxylic acids is 1. The fraction of sp³-hybridized carbons (Fsp3) is 0.417. The zero-order valence-electron chi connectivity index (χ0n) is 8.89. The molecule has 1 aliphatic rings. The highest BCUT2D eigenvalue weighted by atomic mass is 16.7. The molecule has 0 saturated heterocycles. The van der Waals surface area contributed by atoms with Crippen LogP contribution in [-0.2, 0) is 4.74 Å². The van der Waals surface area contributed by atoms with Crippen molar-refractivity contribution in [2.24, 2.45) is 5.92 Å². The lowest BCUT2D eigenvalue weighted by Crippen LogP contribution is -2.05. The van der Waals surface area contributed by atoms with E-state index in [0.717, 1.165) is 6.61 Å². The van der Waals surface area contributed by atoms with E-state index in [2.05, 4.69) is 0 Å². The highest BCUT2D eigenvalue weighted by Crippen LogP contribution is 2.28. The first-order valence-electron chi connectivity index (χ1n) is 5.29. The molecule has 1 aromatic rings. The minimum atomic E-state index is -0.954. The summed E-state index contributed by atoms with van der Waals surface area (Å²) in [6.45, 7) is 0.915. The van der Waals surface area contributed by atoms with Gasteiger partial charge >= 0.3 is 5.97 Å². The van der Waals surface area contributed by atoms with E-state index in [4.69, 9.17) is 14.6 Å². The molecule has 0 unspecified atom stereocenters. The summed E-state index contributed by atoms with van der Waals surface area (Å²) in [4.78, 5) is 10.7. The van der Waals surface area contributed by atoms with Crippen molar-refractivity contribution in [3.8, 4) is 5.75 Å². The summed E-state index contributed by atoms with van der Waals surface area (Å²) in [5, 5.41) is 8.78. The van der Waals surface area contributed by atoms with Crippen LogP contribution in [0.3, 0.4) is 0 Å². The van der Waals surface area contributed by atoms with E-state index in [9.17, 15) is 4.79 Å². The number of hydrogen-bond donors (Lipinski definition) is 1. The highest BCUT2D eigenvalue weighted by Gasteiger charge is 2.21. The second kappa shape index (κ2) is 4.99. The number of ether oxygens (including phenoxy) is 2. The Morgan fingerprint density at radius 2 is 2.25 bits per heavy atom. The van der Waals surface area contributed by atoms with E-state index in [1.54, 1.807) is 12.1 Å². The monoisotopic (exact) mass is 222 g/mol. The summed E-state index contributed by atoms with van der Waals surface area (Å²) in [6.07, 6.45) is 2.49. The average molecular weight is 222 g/mol. The predicted molar refractivity (Wildman–Crippen MR) is 57.6 cm³/mol. The lowest BCUT2D eigenvalue weighted by molar-refractivity contribution is 0.00989. The second-order valence-corrected chi connectivity index (χ2v) is 3.91. The fourth-order valence-corrected chi connectivity index (χ4v) is 1.33. The number of rotatable bonds is 6. The largest absolute Gasteiger partial charge is 0.478 e. The van der Waals surface area contributed by atoms with Crippen molar-refractivity contribution in [3.05, 3.63) is 29.8 Å². The minimum absolute atomic E-state index is 0.180. The van der Waals surface area contributed by atoms with Gasteiger partial charge in [-0.1, -0.05) is 6.07 Å². The number of benzene rings is 1. The van der Waals surface area contributed by atoms with Crippen LogP contribution >= 0.6 is 0 Å². The van der Waals surface area contributed by atoms with Crippen molar-refractivity contribution < 1.29 is 19.4 Å².